The van der Waals surface area contributed by atoms with Crippen LogP contribution in [-0.4, -0.2) is 27.9 Å². The van der Waals surface area contributed by atoms with Gasteiger partial charge in [-0.15, -0.1) is 0 Å². The normalized spacial score (nSPS) is 18.1. The molecule has 0 saturated heterocycles. The fourth-order valence-electron chi connectivity index (χ4n) is 2.32. The molecule has 1 aliphatic carbocycles. The summed E-state index contributed by atoms with van der Waals surface area (Å²) in [7, 11) is 0. The molecule has 4 nitrogen and oxygen atoms in total. The van der Waals surface area contributed by atoms with Crippen LogP contribution in [0.1, 0.15) is 37.4 Å². The van der Waals surface area contributed by atoms with Crippen LogP contribution in [0.4, 0.5) is 0 Å². The SMILES string of the molecule is Oc1cc([C@H](O)CNC2CCCC2)cc(Cl)c1O. The molecule has 2 rings (SSSR count). The van der Waals surface area contributed by atoms with E-state index in [1.165, 1.54) is 25.0 Å². The van der Waals surface area contributed by atoms with E-state index in [2.05, 4.69) is 5.32 Å². The average Bonchev–Trinajstić information content (AvgIpc) is 2.85. The first kappa shape index (κ1) is 13.5. The number of phenolic OH excluding ortho intramolecular Hbond substituents is 2. The smallest absolute Gasteiger partial charge is 0.176 e. The number of hydrogen-bond donors (Lipinski definition) is 4. The second-order valence-corrected chi connectivity index (χ2v) is 5.18. The van der Waals surface area contributed by atoms with Crippen molar-refractivity contribution in [1.29, 1.82) is 0 Å². The number of rotatable bonds is 4. The van der Waals surface area contributed by atoms with Gasteiger partial charge in [0.2, 0.25) is 0 Å². The summed E-state index contributed by atoms with van der Waals surface area (Å²) < 4.78 is 0. The predicted molar refractivity (Wildman–Crippen MR) is 70.0 cm³/mol. The minimum absolute atomic E-state index is 0.0462. The fourth-order valence-corrected chi connectivity index (χ4v) is 2.55. The van der Waals surface area contributed by atoms with Crippen molar-refractivity contribution in [1.82, 2.24) is 5.32 Å². The topological polar surface area (TPSA) is 72.7 Å². The minimum Gasteiger partial charge on any atom is -0.504 e. The summed E-state index contributed by atoms with van der Waals surface area (Å²) in [5.41, 5.74) is 0.501. The Labute approximate surface area is 111 Å². The monoisotopic (exact) mass is 271 g/mol. The Balaban J connectivity index is 1.97. The Hall–Kier alpha value is -0.970. The molecule has 1 atom stereocenters. The second kappa shape index (κ2) is 5.78. The summed E-state index contributed by atoms with van der Waals surface area (Å²) >= 11 is 5.75. The van der Waals surface area contributed by atoms with E-state index in [1.54, 1.807) is 0 Å². The van der Waals surface area contributed by atoms with Gasteiger partial charge in [0.05, 0.1) is 11.1 Å². The van der Waals surface area contributed by atoms with Crippen LogP contribution in [0.3, 0.4) is 0 Å². The third-order valence-electron chi connectivity index (χ3n) is 3.41. The van der Waals surface area contributed by atoms with Crippen molar-refractivity contribution in [2.45, 2.75) is 37.8 Å². The Bertz CT molecular complexity index is 396. The highest BCUT2D eigenvalue weighted by Crippen LogP contribution is 2.35. The summed E-state index contributed by atoms with van der Waals surface area (Å²) in [6.07, 6.45) is 4.02. The number of phenols is 2. The van der Waals surface area contributed by atoms with Gasteiger partial charge in [0.1, 0.15) is 0 Å². The maximum absolute atomic E-state index is 10.0. The lowest BCUT2D eigenvalue weighted by Gasteiger charge is -2.17. The van der Waals surface area contributed by atoms with Gasteiger partial charge < -0.3 is 20.6 Å². The molecule has 0 amide bonds. The molecule has 0 radical (unpaired) electrons. The Morgan fingerprint density at radius 1 is 1.28 bits per heavy atom. The van der Waals surface area contributed by atoms with Gasteiger partial charge >= 0.3 is 0 Å². The van der Waals surface area contributed by atoms with E-state index in [4.69, 9.17) is 11.6 Å². The summed E-state index contributed by atoms with van der Waals surface area (Å²) in [4.78, 5) is 0. The van der Waals surface area contributed by atoms with Crippen LogP contribution in [-0.2, 0) is 0 Å². The van der Waals surface area contributed by atoms with E-state index >= 15 is 0 Å². The molecule has 1 fully saturated rings. The molecule has 5 heteroatoms. The summed E-state index contributed by atoms with van der Waals surface area (Å²) in [6.45, 7) is 0.422. The van der Waals surface area contributed by atoms with Crippen LogP contribution in [0.15, 0.2) is 12.1 Å². The van der Waals surface area contributed by atoms with Crippen LogP contribution in [0, 0.1) is 0 Å². The molecule has 100 valence electrons. The molecule has 18 heavy (non-hydrogen) atoms. The maximum atomic E-state index is 10.0. The number of hydrogen-bond acceptors (Lipinski definition) is 4. The average molecular weight is 272 g/mol. The number of halogens is 1. The predicted octanol–water partition coefficient (Wildman–Crippen LogP) is 2.32. The van der Waals surface area contributed by atoms with Crippen molar-refractivity contribution in [2.24, 2.45) is 0 Å². The molecule has 0 spiro atoms. The first-order chi connectivity index (χ1) is 8.58. The van der Waals surface area contributed by atoms with Gasteiger partial charge in [-0.05, 0) is 30.5 Å². The number of aliphatic hydroxyl groups is 1. The van der Waals surface area contributed by atoms with E-state index in [9.17, 15) is 15.3 Å². The zero-order valence-electron chi connectivity index (χ0n) is 10.1. The van der Waals surface area contributed by atoms with Gasteiger partial charge in [-0.25, -0.2) is 0 Å². The number of aliphatic hydroxyl groups excluding tert-OH is 1. The van der Waals surface area contributed by atoms with E-state index < -0.39 is 6.10 Å². The Morgan fingerprint density at radius 2 is 1.94 bits per heavy atom. The van der Waals surface area contributed by atoms with Crippen LogP contribution in [0.2, 0.25) is 5.02 Å². The van der Waals surface area contributed by atoms with Crippen molar-refractivity contribution in [3.63, 3.8) is 0 Å². The highest BCUT2D eigenvalue weighted by Gasteiger charge is 2.18. The summed E-state index contributed by atoms with van der Waals surface area (Å²) in [5, 5.41) is 32.1. The zero-order valence-corrected chi connectivity index (χ0v) is 10.8. The van der Waals surface area contributed by atoms with Crippen molar-refractivity contribution in [2.75, 3.05) is 6.54 Å². The lowest BCUT2D eigenvalue weighted by atomic mass is 10.1. The zero-order chi connectivity index (χ0) is 13.1. The minimum atomic E-state index is -0.741. The number of nitrogens with one attached hydrogen (secondary N) is 1. The molecule has 0 bridgehead atoms. The van der Waals surface area contributed by atoms with Crippen LogP contribution < -0.4 is 5.32 Å². The summed E-state index contributed by atoms with van der Waals surface area (Å²) in [6, 6.07) is 3.28. The molecule has 0 unspecified atom stereocenters. The Kier molecular flexibility index (Phi) is 4.32. The number of benzene rings is 1. The van der Waals surface area contributed by atoms with Crippen molar-refractivity contribution in [3.05, 3.63) is 22.7 Å². The van der Waals surface area contributed by atoms with E-state index in [1.807, 2.05) is 0 Å². The summed E-state index contributed by atoms with van der Waals surface area (Å²) in [5.74, 6) is -0.659. The van der Waals surface area contributed by atoms with Crippen molar-refractivity contribution in [3.8, 4) is 11.5 Å². The number of aromatic hydroxyl groups is 2. The molecule has 1 aromatic rings. The van der Waals surface area contributed by atoms with E-state index in [-0.39, 0.29) is 16.5 Å². The van der Waals surface area contributed by atoms with Crippen molar-refractivity contribution < 1.29 is 15.3 Å². The molecule has 0 heterocycles. The molecule has 1 saturated carbocycles. The largest absolute Gasteiger partial charge is 0.504 e. The highest BCUT2D eigenvalue weighted by atomic mass is 35.5. The third kappa shape index (κ3) is 3.07. The highest BCUT2D eigenvalue weighted by molar-refractivity contribution is 6.32. The molecule has 1 aromatic carbocycles. The fraction of sp³-hybridized carbons (Fsp3) is 0.538. The van der Waals surface area contributed by atoms with Crippen LogP contribution in [0.25, 0.3) is 0 Å². The van der Waals surface area contributed by atoms with Gasteiger partial charge in [-0.3, -0.25) is 0 Å². The van der Waals surface area contributed by atoms with E-state index in [0.29, 0.717) is 18.2 Å². The molecule has 0 aromatic heterocycles. The molecular formula is C13H18ClNO3. The first-order valence-corrected chi connectivity index (χ1v) is 6.58. The lowest BCUT2D eigenvalue weighted by Crippen LogP contribution is -2.30. The van der Waals surface area contributed by atoms with Crippen LogP contribution >= 0.6 is 11.6 Å². The van der Waals surface area contributed by atoms with Gasteiger partial charge in [-0.2, -0.15) is 0 Å². The van der Waals surface area contributed by atoms with Crippen molar-refractivity contribution >= 4 is 11.6 Å². The third-order valence-corrected chi connectivity index (χ3v) is 3.69. The van der Waals surface area contributed by atoms with Gasteiger partial charge in [0.25, 0.3) is 0 Å². The molecule has 1 aliphatic rings. The van der Waals surface area contributed by atoms with Gasteiger partial charge in [0.15, 0.2) is 11.5 Å². The molecule has 0 aliphatic heterocycles. The molecule has 4 N–H and O–H groups in total. The molecular weight excluding hydrogens is 254 g/mol. The standard InChI is InChI=1S/C13H18ClNO3/c14-10-5-8(6-11(16)13(10)18)12(17)7-15-9-3-1-2-4-9/h5-6,9,12,15-18H,1-4,7H2/t12-/m1/s1. The Morgan fingerprint density at radius 3 is 2.56 bits per heavy atom. The van der Waals surface area contributed by atoms with Gasteiger partial charge in [0, 0.05) is 12.6 Å². The maximum Gasteiger partial charge on any atom is 0.176 e. The van der Waals surface area contributed by atoms with Gasteiger partial charge in [-0.1, -0.05) is 24.4 Å². The second-order valence-electron chi connectivity index (χ2n) is 4.78. The first-order valence-electron chi connectivity index (χ1n) is 6.20. The lowest BCUT2D eigenvalue weighted by molar-refractivity contribution is 0.169. The van der Waals surface area contributed by atoms with Crippen LogP contribution in [0.5, 0.6) is 11.5 Å². The van der Waals surface area contributed by atoms with E-state index in [0.717, 1.165) is 12.8 Å². The quantitative estimate of drug-likeness (QED) is 0.634.